The largest absolute Gasteiger partial charge is 0.370 e. The third-order valence-electron chi connectivity index (χ3n) is 4.66. The van der Waals surface area contributed by atoms with Crippen LogP contribution >= 0.6 is 11.3 Å². The van der Waals surface area contributed by atoms with Crippen molar-refractivity contribution >= 4 is 26.2 Å². The Hall–Kier alpha value is -2.97. The van der Waals surface area contributed by atoms with E-state index < -0.39 is 9.84 Å². The quantitative estimate of drug-likeness (QED) is 0.472. The van der Waals surface area contributed by atoms with Crippen molar-refractivity contribution in [2.45, 2.75) is 37.2 Å². The number of benzene rings is 2. The summed E-state index contributed by atoms with van der Waals surface area (Å²) in [6.45, 7) is 6.24. The van der Waals surface area contributed by atoms with Crippen LogP contribution in [0, 0.1) is 20.8 Å². The summed E-state index contributed by atoms with van der Waals surface area (Å²) in [5, 5.41) is 8.77. The van der Waals surface area contributed by atoms with Crippen LogP contribution in [0.1, 0.15) is 22.5 Å². The minimum Gasteiger partial charge on any atom is -0.370 e. The van der Waals surface area contributed by atoms with Gasteiger partial charge in [0, 0.05) is 12.2 Å². The highest BCUT2D eigenvalue weighted by atomic mass is 32.2. The first-order valence-corrected chi connectivity index (χ1v) is 11.8. The fourth-order valence-electron chi connectivity index (χ4n) is 3.11. The number of rotatable bonds is 6. The number of anilines is 1. The molecule has 2 aromatic carbocycles. The van der Waals surface area contributed by atoms with E-state index in [1.165, 1.54) is 11.3 Å². The van der Waals surface area contributed by atoms with E-state index in [-0.39, 0.29) is 9.92 Å². The zero-order valence-corrected chi connectivity index (χ0v) is 18.6. The first-order chi connectivity index (χ1) is 14.3. The third-order valence-corrected chi connectivity index (χ3v) is 7.47. The van der Waals surface area contributed by atoms with Crippen LogP contribution in [0.3, 0.4) is 0 Å². The minimum absolute atomic E-state index is 0.0230. The molecular weight excluding hydrogens is 416 g/mol. The lowest BCUT2D eigenvalue weighted by atomic mass is 10.2. The molecule has 2 heterocycles. The number of sulfone groups is 1. The van der Waals surface area contributed by atoms with E-state index in [2.05, 4.69) is 15.4 Å². The van der Waals surface area contributed by atoms with Crippen LogP contribution in [0.2, 0.25) is 0 Å². The third kappa shape index (κ3) is 4.01. The van der Waals surface area contributed by atoms with Crippen LogP contribution in [0.25, 0.3) is 5.13 Å². The zero-order valence-electron chi connectivity index (χ0n) is 17.0. The summed E-state index contributed by atoms with van der Waals surface area (Å²) < 4.78 is 28.5. The molecule has 0 aliphatic heterocycles. The second kappa shape index (κ2) is 8.04. The van der Waals surface area contributed by atoms with Gasteiger partial charge in [0.1, 0.15) is 5.00 Å². The van der Waals surface area contributed by atoms with Gasteiger partial charge in [0.15, 0.2) is 5.03 Å². The Kier molecular flexibility index (Phi) is 5.44. The van der Waals surface area contributed by atoms with Crippen molar-refractivity contribution in [1.29, 1.82) is 0 Å². The van der Waals surface area contributed by atoms with E-state index in [9.17, 15) is 8.42 Å². The summed E-state index contributed by atoms with van der Waals surface area (Å²) in [5.74, 6) is 0. The lowest BCUT2D eigenvalue weighted by Gasteiger charge is -2.07. The van der Waals surface area contributed by atoms with Crippen molar-refractivity contribution in [2.75, 3.05) is 5.32 Å². The molecule has 0 unspecified atom stereocenters. The molecule has 0 fully saturated rings. The molecule has 1 N–H and O–H groups in total. The van der Waals surface area contributed by atoms with Gasteiger partial charge in [-0.05, 0) is 44.5 Å². The Bertz CT molecular complexity index is 1270. The van der Waals surface area contributed by atoms with Crippen LogP contribution in [0.5, 0.6) is 0 Å². The van der Waals surface area contributed by atoms with Crippen LogP contribution in [-0.4, -0.2) is 23.2 Å². The highest BCUT2D eigenvalue weighted by molar-refractivity contribution is 7.91. The normalized spacial score (nSPS) is 11.6. The molecule has 30 heavy (non-hydrogen) atoms. The summed E-state index contributed by atoms with van der Waals surface area (Å²) in [4.78, 5) is 4.73. The number of nitrogens with one attached hydrogen (secondary N) is 1. The van der Waals surface area contributed by atoms with E-state index in [4.69, 9.17) is 0 Å². The molecule has 0 aliphatic carbocycles. The van der Waals surface area contributed by atoms with E-state index in [1.807, 2.05) is 57.2 Å². The molecule has 0 amide bonds. The molecule has 2 aromatic heterocycles. The number of thiazole rings is 1. The Morgan fingerprint density at radius 3 is 2.33 bits per heavy atom. The molecule has 0 atom stereocenters. The molecule has 154 valence electrons. The maximum Gasteiger partial charge on any atom is 0.226 e. The lowest BCUT2D eigenvalue weighted by molar-refractivity contribution is 0.593. The average Bonchev–Trinajstić information content (AvgIpc) is 3.30. The highest BCUT2D eigenvalue weighted by Gasteiger charge is 2.27. The van der Waals surface area contributed by atoms with Crippen molar-refractivity contribution in [1.82, 2.24) is 14.8 Å². The number of aryl methyl sites for hydroxylation is 3. The van der Waals surface area contributed by atoms with Gasteiger partial charge in [-0.1, -0.05) is 59.4 Å². The van der Waals surface area contributed by atoms with Crippen LogP contribution in [0.4, 0.5) is 5.00 Å². The van der Waals surface area contributed by atoms with Gasteiger partial charge < -0.3 is 5.32 Å². The van der Waals surface area contributed by atoms with Crippen LogP contribution in [0.15, 0.2) is 70.6 Å². The summed E-state index contributed by atoms with van der Waals surface area (Å²) in [5.41, 5.74) is 3.80. The maximum atomic E-state index is 13.4. The molecule has 0 spiro atoms. The summed E-state index contributed by atoms with van der Waals surface area (Å²) in [6, 6.07) is 18.6. The molecule has 0 saturated carbocycles. The zero-order chi connectivity index (χ0) is 21.3. The van der Waals surface area contributed by atoms with Crippen molar-refractivity contribution < 1.29 is 8.42 Å². The second-order valence-corrected chi connectivity index (χ2v) is 9.97. The second-order valence-electron chi connectivity index (χ2n) is 7.13. The van der Waals surface area contributed by atoms with Gasteiger partial charge in [0.2, 0.25) is 15.0 Å². The summed E-state index contributed by atoms with van der Waals surface area (Å²) >= 11 is 1.28. The average molecular weight is 439 g/mol. The van der Waals surface area contributed by atoms with Crippen molar-refractivity contribution in [3.8, 4) is 5.13 Å². The van der Waals surface area contributed by atoms with Crippen molar-refractivity contribution in [2.24, 2.45) is 0 Å². The predicted octanol–water partition coefficient (Wildman–Crippen LogP) is 4.70. The fraction of sp³-hybridized carbons (Fsp3) is 0.182. The number of hydrogen-bond donors (Lipinski definition) is 1. The minimum atomic E-state index is -3.79. The molecule has 0 aliphatic rings. The van der Waals surface area contributed by atoms with E-state index in [1.54, 1.807) is 28.9 Å². The van der Waals surface area contributed by atoms with Gasteiger partial charge in [-0.15, -0.1) is 0 Å². The Morgan fingerprint density at radius 2 is 1.70 bits per heavy atom. The van der Waals surface area contributed by atoms with E-state index in [0.717, 1.165) is 22.5 Å². The Labute approximate surface area is 180 Å². The number of hydrogen-bond acceptors (Lipinski definition) is 6. The predicted molar refractivity (Wildman–Crippen MR) is 119 cm³/mol. The molecule has 4 aromatic rings. The lowest BCUT2D eigenvalue weighted by Crippen LogP contribution is -2.08. The standard InChI is InChI=1S/C22H22N4O2S2/c1-15-9-11-19(12-10-15)30(27,28)21-20(23-14-18-7-5-4-6-8-18)29-22(24-21)26-17(3)13-16(2)25-26/h4-13,23H,14H2,1-3H3. The van der Waals surface area contributed by atoms with E-state index >= 15 is 0 Å². The monoisotopic (exact) mass is 438 g/mol. The van der Waals surface area contributed by atoms with Gasteiger partial charge in [-0.3, -0.25) is 0 Å². The summed E-state index contributed by atoms with van der Waals surface area (Å²) in [6.07, 6.45) is 0. The molecule has 0 saturated heterocycles. The molecule has 4 rings (SSSR count). The Morgan fingerprint density at radius 1 is 1.00 bits per heavy atom. The molecule has 6 nitrogen and oxygen atoms in total. The van der Waals surface area contributed by atoms with Gasteiger partial charge in [-0.2, -0.15) is 5.10 Å². The Balaban J connectivity index is 1.78. The topological polar surface area (TPSA) is 76.9 Å². The number of nitrogens with zero attached hydrogens (tertiary/aromatic N) is 3. The van der Waals surface area contributed by atoms with Gasteiger partial charge in [-0.25, -0.2) is 18.1 Å². The summed E-state index contributed by atoms with van der Waals surface area (Å²) in [7, 11) is -3.79. The maximum absolute atomic E-state index is 13.4. The van der Waals surface area contributed by atoms with Gasteiger partial charge >= 0.3 is 0 Å². The first-order valence-electron chi connectivity index (χ1n) is 9.48. The number of aromatic nitrogens is 3. The van der Waals surface area contributed by atoms with Crippen molar-refractivity contribution in [3.63, 3.8) is 0 Å². The van der Waals surface area contributed by atoms with Gasteiger partial charge in [0.05, 0.1) is 10.6 Å². The molecular formula is C22H22N4O2S2. The fourth-order valence-corrected chi connectivity index (χ4v) is 5.73. The molecule has 0 radical (unpaired) electrons. The van der Waals surface area contributed by atoms with E-state index in [0.29, 0.717) is 16.7 Å². The van der Waals surface area contributed by atoms with Crippen LogP contribution < -0.4 is 5.32 Å². The first kappa shape index (κ1) is 20.3. The SMILES string of the molecule is Cc1ccc(S(=O)(=O)c2nc(-n3nc(C)cc3C)sc2NCc2ccccc2)cc1. The smallest absolute Gasteiger partial charge is 0.226 e. The van der Waals surface area contributed by atoms with Crippen LogP contribution in [-0.2, 0) is 16.4 Å². The highest BCUT2D eigenvalue weighted by Crippen LogP contribution is 2.35. The van der Waals surface area contributed by atoms with Gasteiger partial charge in [0.25, 0.3) is 0 Å². The van der Waals surface area contributed by atoms with Crippen molar-refractivity contribution in [3.05, 3.63) is 83.2 Å². The molecule has 8 heteroatoms. The molecule has 0 bridgehead atoms.